The first kappa shape index (κ1) is 12.8. The Balaban J connectivity index is 2.24. The number of hydrogen-bond acceptors (Lipinski definition) is 4. The van der Waals surface area contributed by atoms with Crippen LogP contribution in [0.1, 0.15) is 31.5 Å². The van der Waals surface area contributed by atoms with Gasteiger partial charge >= 0.3 is 0 Å². The number of thiazole rings is 1. The largest absolute Gasteiger partial charge is 0.398 e. The average Bonchev–Trinajstić information content (AvgIpc) is 2.61. The molecule has 0 radical (unpaired) electrons. The smallest absolute Gasteiger partial charge is 0.171 e. The van der Waals surface area contributed by atoms with Crippen molar-refractivity contribution in [3.05, 3.63) is 44.9 Å². The molecule has 0 aliphatic rings. The predicted molar refractivity (Wildman–Crippen MR) is 75.2 cm³/mol. The summed E-state index contributed by atoms with van der Waals surface area (Å²) >= 11 is 1.57. The molecule has 1 aromatic carbocycles. The molecule has 18 heavy (non-hydrogen) atoms. The predicted octanol–water partition coefficient (Wildman–Crippen LogP) is 3.08. The zero-order valence-corrected chi connectivity index (χ0v) is 11.6. The van der Waals surface area contributed by atoms with Gasteiger partial charge in [-0.1, -0.05) is 11.6 Å². The molecule has 3 nitrogen and oxygen atoms in total. The molecule has 0 saturated heterocycles. The molecule has 0 amide bonds. The van der Waals surface area contributed by atoms with Gasteiger partial charge in [0.05, 0.1) is 12.1 Å². The van der Waals surface area contributed by atoms with Gasteiger partial charge in [-0.2, -0.15) is 0 Å². The summed E-state index contributed by atoms with van der Waals surface area (Å²) in [5.74, 6) is 0.0324. The van der Waals surface area contributed by atoms with Gasteiger partial charge in [0.1, 0.15) is 5.01 Å². The van der Waals surface area contributed by atoms with Gasteiger partial charge in [-0.25, -0.2) is 4.98 Å². The zero-order valence-electron chi connectivity index (χ0n) is 10.8. The highest BCUT2D eigenvalue weighted by molar-refractivity contribution is 7.11. The molecule has 0 fully saturated rings. The van der Waals surface area contributed by atoms with Crippen molar-refractivity contribution in [2.24, 2.45) is 0 Å². The van der Waals surface area contributed by atoms with Crippen LogP contribution in [0.25, 0.3) is 0 Å². The quantitative estimate of drug-likeness (QED) is 0.681. The topological polar surface area (TPSA) is 56.0 Å². The number of nitrogens with zero attached hydrogens (tertiary/aromatic N) is 1. The summed E-state index contributed by atoms with van der Waals surface area (Å²) in [5, 5.41) is 0.857. The van der Waals surface area contributed by atoms with Gasteiger partial charge < -0.3 is 5.73 Å². The van der Waals surface area contributed by atoms with Crippen LogP contribution in [0.2, 0.25) is 0 Å². The Bertz CT molecular complexity index is 582. The zero-order chi connectivity index (χ0) is 13.3. The van der Waals surface area contributed by atoms with Crippen LogP contribution in [0.5, 0.6) is 0 Å². The molecule has 4 heteroatoms. The molecule has 2 aromatic rings. The summed E-state index contributed by atoms with van der Waals surface area (Å²) in [6.45, 7) is 5.93. The van der Waals surface area contributed by atoms with Gasteiger partial charge in [0.25, 0.3) is 0 Å². The maximum Gasteiger partial charge on any atom is 0.171 e. The summed E-state index contributed by atoms with van der Waals surface area (Å²) in [4.78, 5) is 17.7. The number of nitrogens with two attached hydrogens (primary N) is 1. The van der Waals surface area contributed by atoms with E-state index in [9.17, 15) is 4.79 Å². The van der Waals surface area contributed by atoms with E-state index in [1.165, 1.54) is 0 Å². The van der Waals surface area contributed by atoms with Crippen molar-refractivity contribution in [1.29, 1.82) is 0 Å². The molecule has 0 unspecified atom stereocenters. The van der Waals surface area contributed by atoms with Crippen LogP contribution in [-0.4, -0.2) is 10.8 Å². The molecular formula is C14H16N2OS. The molecule has 2 N–H and O–H groups in total. The van der Waals surface area contributed by atoms with Crippen molar-refractivity contribution >= 4 is 22.8 Å². The van der Waals surface area contributed by atoms with E-state index >= 15 is 0 Å². The number of aryl methyl sites for hydroxylation is 3. The number of anilines is 1. The monoisotopic (exact) mass is 260 g/mol. The van der Waals surface area contributed by atoms with Crippen LogP contribution < -0.4 is 5.73 Å². The molecule has 1 heterocycles. The Hall–Kier alpha value is -1.68. The molecule has 2 rings (SSSR count). The van der Waals surface area contributed by atoms with Crippen LogP contribution in [-0.2, 0) is 6.42 Å². The lowest BCUT2D eigenvalue weighted by Gasteiger charge is -2.04. The lowest BCUT2D eigenvalue weighted by molar-refractivity contribution is 0.0993. The Kier molecular flexibility index (Phi) is 3.48. The fraction of sp³-hybridized carbons (Fsp3) is 0.286. The van der Waals surface area contributed by atoms with E-state index in [0.29, 0.717) is 17.7 Å². The van der Waals surface area contributed by atoms with E-state index in [4.69, 9.17) is 5.73 Å². The van der Waals surface area contributed by atoms with Crippen molar-refractivity contribution in [3.63, 3.8) is 0 Å². The van der Waals surface area contributed by atoms with E-state index < -0.39 is 0 Å². The minimum Gasteiger partial charge on any atom is -0.398 e. The number of Topliss-reactive ketones (excluding diaryl/α,β-unsaturated/α-hetero) is 1. The highest BCUT2D eigenvalue weighted by Gasteiger charge is 2.13. The van der Waals surface area contributed by atoms with Crippen molar-refractivity contribution in [1.82, 2.24) is 4.98 Å². The number of nitrogen functional groups attached to an aromatic ring is 1. The van der Waals surface area contributed by atoms with Crippen LogP contribution in [0, 0.1) is 20.8 Å². The van der Waals surface area contributed by atoms with Gasteiger partial charge in [0, 0.05) is 16.1 Å². The molecule has 1 aromatic heterocycles. The van der Waals surface area contributed by atoms with Gasteiger partial charge in [-0.05, 0) is 32.9 Å². The molecule has 0 bridgehead atoms. The first-order valence-electron chi connectivity index (χ1n) is 5.79. The van der Waals surface area contributed by atoms with E-state index in [1.54, 1.807) is 17.4 Å². The van der Waals surface area contributed by atoms with Gasteiger partial charge in [-0.3, -0.25) is 4.79 Å². The lowest BCUT2D eigenvalue weighted by atomic mass is 10.0. The molecule has 0 aliphatic carbocycles. The average molecular weight is 260 g/mol. The molecule has 0 atom stereocenters. The first-order chi connectivity index (χ1) is 8.47. The van der Waals surface area contributed by atoms with Crippen molar-refractivity contribution in [2.45, 2.75) is 27.2 Å². The number of carbonyl (C=O) groups excluding carboxylic acids is 1. The minimum absolute atomic E-state index is 0.0324. The van der Waals surface area contributed by atoms with E-state index in [2.05, 4.69) is 4.98 Å². The number of rotatable bonds is 3. The summed E-state index contributed by atoms with van der Waals surface area (Å²) in [6.07, 6.45) is 0.326. The van der Waals surface area contributed by atoms with Crippen LogP contribution >= 0.6 is 11.3 Å². The highest BCUT2D eigenvalue weighted by Crippen LogP contribution is 2.20. The second-order valence-corrected chi connectivity index (χ2v) is 5.73. The minimum atomic E-state index is 0.0324. The second kappa shape index (κ2) is 4.90. The molecule has 94 valence electrons. The first-order valence-corrected chi connectivity index (χ1v) is 6.61. The van der Waals surface area contributed by atoms with E-state index in [-0.39, 0.29) is 5.78 Å². The van der Waals surface area contributed by atoms with E-state index in [0.717, 1.165) is 21.1 Å². The third kappa shape index (κ3) is 2.59. The van der Waals surface area contributed by atoms with Crippen molar-refractivity contribution in [2.75, 3.05) is 5.73 Å². The number of ketones is 1. The van der Waals surface area contributed by atoms with Gasteiger partial charge in [-0.15, -0.1) is 11.3 Å². The number of hydrogen-bond donors (Lipinski definition) is 1. The third-order valence-electron chi connectivity index (χ3n) is 2.89. The summed E-state index contributed by atoms with van der Waals surface area (Å²) in [5.41, 5.74) is 9.02. The Morgan fingerprint density at radius 3 is 2.67 bits per heavy atom. The van der Waals surface area contributed by atoms with Crippen molar-refractivity contribution < 1.29 is 4.79 Å². The maximum atomic E-state index is 12.2. The fourth-order valence-corrected chi connectivity index (χ4v) is 2.69. The fourth-order valence-electron chi connectivity index (χ4n) is 1.76. The summed E-state index contributed by atoms with van der Waals surface area (Å²) < 4.78 is 0. The van der Waals surface area contributed by atoms with Gasteiger partial charge in [0.2, 0.25) is 0 Å². The molecule has 0 spiro atoms. The standard InChI is InChI=1S/C14H16N2OS/c1-8-4-5-12(15)11(6-8)13(17)7-14-16-9(2)10(3)18-14/h4-6H,7,15H2,1-3H3. The molecule has 0 aliphatic heterocycles. The highest BCUT2D eigenvalue weighted by atomic mass is 32.1. The lowest BCUT2D eigenvalue weighted by Crippen LogP contribution is -2.07. The van der Waals surface area contributed by atoms with Crippen LogP contribution in [0.3, 0.4) is 0 Å². The Morgan fingerprint density at radius 1 is 1.33 bits per heavy atom. The summed E-state index contributed by atoms with van der Waals surface area (Å²) in [6, 6.07) is 5.52. The van der Waals surface area contributed by atoms with Gasteiger partial charge in [0.15, 0.2) is 5.78 Å². The van der Waals surface area contributed by atoms with Crippen molar-refractivity contribution in [3.8, 4) is 0 Å². The molecular weight excluding hydrogens is 244 g/mol. The van der Waals surface area contributed by atoms with E-state index in [1.807, 2.05) is 32.9 Å². The third-order valence-corrected chi connectivity index (χ3v) is 3.97. The normalized spacial score (nSPS) is 10.6. The van der Waals surface area contributed by atoms with Crippen LogP contribution in [0.15, 0.2) is 18.2 Å². The number of benzene rings is 1. The second-order valence-electron chi connectivity index (χ2n) is 4.44. The number of carbonyl (C=O) groups is 1. The number of aromatic nitrogens is 1. The SMILES string of the molecule is Cc1ccc(N)c(C(=O)Cc2nc(C)c(C)s2)c1. The summed E-state index contributed by atoms with van der Waals surface area (Å²) in [7, 11) is 0. The molecule has 0 saturated carbocycles. The van der Waals surface area contributed by atoms with Crippen LogP contribution in [0.4, 0.5) is 5.69 Å². The Labute approximate surface area is 111 Å². The maximum absolute atomic E-state index is 12.2. The Morgan fingerprint density at radius 2 is 2.06 bits per heavy atom.